The topological polar surface area (TPSA) is 98.0 Å². The third-order valence-electron chi connectivity index (χ3n) is 2.68. The van der Waals surface area contributed by atoms with Gasteiger partial charge in [0.25, 0.3) is 5.91 Å². The molecule has 0 saturated heterocycles. The van der Waals surface area contributed by atoms with Crippen molar-refractivity contribution in [2.24, 2.45) is 0 Å². The summed E-state index contributed by atoms with van der Waals surface area (Å²) >= 11 is 5.66. The van der Waals surface area contributed by atoms with E-state index in [1.54, 1.807) is 6.07 Å². The fourth-order valence-electron chi connectivity index (χ4n) is 1.75. The number of hydrogen-bond acceptors (Lipinski definition) is 5. The van der Waals surface area contributed by atoms with Crippen molar-refractivity contribution < 1.29 is 9.72 Å². The van der Waals surface area contributed by atoms with Crippen LogP contribution in [-0.2, 0) is 6.54 Å². The molecular formula is C13H11ClN4O3. The molecule has 8 heteroatoms. The van der Waals surface area contributed by atoms with E-state index in [0.29, 0.717) is 5.69 Å². The number of rotatable bonds is 4. The highest BCUT2D eigenvalue weighted by molar-refractivity contribution is 6.32. The summed E-state index contributed by atoms with van der Waals surface area (Å²) in [5.74, 6) is -0.602. The molecule has 0 radical (unpaired) electrons. The minimum absolute atomic E-state index is 0.132. The summed E-state index contributed by atoms with van der Waals surface area (Å²) in [6, 6.07) is 6.65. The van der Waals surface area contributed by atoms with Gasteiger partial charge in [-0.2, -0.15) is 0 Å². The van der Waals surface area contributed by atoms with E-state index in [9.17, 15) is 14.9 Å². The van der Waals surface area contributed by atoms with Gasteiger partial charge in [0.05, 0.1) is 17.2 Å². The first-order valence-electron chi connectivity index (χ1n) is 5.98. The van der Waals surface area contributed by atoms with Crippen molar-refractivity contribution in [3.8, 4) is 0 Å². The third kappa shape index (κ3) is 3.51. The maximum absolute atomic E-state index is 12.1. The van der Waals surface area contributed by atoms with E-state index in [4.69, 9.17) is 11.6 Å². The summed E-state index contributed by atoms with van der Waals surface area (Å²) in [6.45, 7) is 2.00. The minimum atomic E-state index is -0.727. The van der Waals surface area contributed by atoms with Crippen molar-refractivity contribution in [1.82, 2.24) is 15.3 Å². The average Bonchev–Trinajstić information content (AvgIpc) is 2.44. The van der Waals surface area contributed by atoms with E-state index >= 15 is 0 Å². The van der Waals surface area contributed by atoms with E-state index in [0.717, 1.165) is 5.69 Å². The molecule has 7 nitrogen and oxygen atoms in total. The second kappa shape index (κ2) is 6.27. The van der Waals surface area contributed by atoms with E-state index in [-0.39, 0.29) is 17.3 Å². The van der Waals surface area contributed by atoms with Crippen LogP contribution in [-0.4, -0.2) is 20.8 Å². The number of nitrogens with one attached hydrogen (secondary N) is 1. The van der Waals surface area contributed by atoms with Gasteiger partial charge >= 0.3 is 5.69 Å². The first-order valence-corrected chi connectivity index (χ1v) is 6.36. The second-order valence-electron chi connectivity index (χ2n) is 4.21. The first kappa shape index (κ1) is 14.9. The Balaban J connectivity index is 2.18. The van der Waals surface area contributed by atoms with E-state index in [2.05, 4.69) is 15.3 Å². The zero-order valence-electron chi connectivity index (χ0n) is 11.0. The number of nitrogens with zero attached hydrogens (tertiary/aromatic N) is 3. The molecule has 2 aromatic rings. The average molecular weight is 307 g/mol. The molecule has 108 valence electrons. The second-order valence-corrected chi connectivity index (χ2v) is 4.57. The van der Waals surface area contributed by atoms with Crippen LogP contribution in [0.3, 0.4) is 0 Å². The fourth-order valence-corrected chi connectivity index (χ4v) is 1.98. The Kier molecular flexibility index (Phi) is 4.44. The first-order chi connectivity index (χ1) is 9.99. The summed E-state index contributed by atoms with van der Waals surface area (Å²) in [7, 11) is 0. The van der Waals surface area contributed by atoms with Gasteiger partial charge in [-0.15, -0.1) is 0 Å². The Morgan fingerprint density at radius 1 is 1.43 bits per heavy atom. The van der Waals surface area contributed by atoms with Crippen LogP contribution in [0, 0.1) is 17.0 Å². The fraction of sp³-hybridized carbons (Fsp3) is 0.154. The highest BCUT2D eigenvalue weighted by Crippen LogP contribution is 2.25. The maximum atomic E-state index is 12.1. The van der Waals surface area contributed by atoms with Gasteiger partial charge in [0.1, 0.15) is 5.56 Å². The highest BCUT2D eigenvalue weighted by Gasteiger charge is 2.24. The van der Waals surface area contributed by atoms with Crippen LogP contribution in [0.25, 0.3) is 0 Å². The molecule has 0 spiro atoms. The predicted octanol–water partition coefficient (Wildman–Crippen LogP) is 2.28. The molecule has 0 fully saturated rings. The molecule has 2 rings (SSSR count). The van der Waals surface area contributed by atoms with E-state index in [1.165, 1.54) is 12.3 Å². The summed E-state index contributed by atoms with van der Waals surface area (Å²) in [5.41, 5.74) is 0.840. The third-order valence-corrected chi connectivity index (χ3v) is 2.96. The zero-order chi connectivity index (χ0) is 15.4. The molecule has 1 amide bonds. The lowest BCUT2D eigenvalue weighted by molar-refractivity contribution is -0.385. The van der Waals surface area contributed by atoms with Crippen LogP contribution in [0.5, 0.6) is 0 Å². The molecule has 21 heavy (non-hydrogen) atoms. The van der Waals surface area contributed by atoms with Crippen molar-refractivity contribution >= 4 is 23.2 Å². The van der Waals surface area contributed by atoms with Gasteiger partial charge in [-0.25, -0.2) is 4.98 Å². The predicted molar refractivity (Wildman–Crippen MR) is 76.0 cm³/mol. The molecule has 0 aromatic carbocycles. The number of amides is 1. The van der Waals surface area contributed by atoms with Crippen LogP contribution < -0.4 is 5.32 Å². The summed E-state index contributed by atoms with van der Waals surface area (Å²) in [4.78, 5) is 30.1. The van der Waals surface area contributed by atoms with Crippen molar-refractivity contribution in [2.45, 2.75) is 13.5 Å². The summed E-state index contributed by atoms with van der Waals surface area (Å²) < 4.78 is 0. The van der Waals surface area contributed by atoms with Gasteiger partial charge in [0, 0.05) is 11.9 Å². The van der Waals surface area contributed by atoms with Gasteiger partial charge < -0.3 is 5.32 Å². The van der Waals surface area contributed by atoms with E-state index < -0.39 is 16.5 Å². The SMILES string of the molecule is Cc1cccc(CNC(=O)c2ccnc(Cl)c2[N+](=O)[O-])n1. The van der Waals surface area contributed by atoms with Gasteiger partial charge in [0.15, 0.2) is 0 Å². The number of pyridine rings is 2. The molecule has 2 heterocycles. The molecule has 2 aromatic heterocycles. The van der Waals surface area contributed by atoms with Crippen molar-refractivity contribution in [3.63, 3.8) is 0 Å². The molecule has 0 aliphatic rings. The molecule has 1 N–H and O–H groups in total. The Bertz CT molecular complexity index is 706. The van der Waals surface area contributed by atoms with Gasteiger partial charge in [-0.3, -0.25) is 19.9 Å². The lowest BCUT2D eigenvalue weighted by atomic mass is 10.2. The number of halogens is 1. The molecule has 0 atom stereocenters. The van der Waals surface area contributed by atoms with Gasteiger partial charge in [0.2, 0.25) is 5.15 Å². The van der Waals surface area contributed by atoms with Crippen LogP contribution in [0.2, 0.25) is 5.15 Å². The lowest BCUT2D eigenvalue weighted by Gasteiger charge is -2.06. The number of nitro groups is 1. The van der Waals surface area contributed by atoms with Crippen molar-refractivity contribution in [1.29, 1.82) is 0 Å². The highest BCUT2D eigenvalue weighted by atomic mass is 35.5. The Morgan fingerprint density at radius 2 is 2.19 bits per heavy atom. The molecule has 0 bridgehead atoms. The summed E-state index contributed by atoms with van der Waals surface area (Å²) in [6.07, 6.45) is 1.25. The Morgan fingerprint density at radius 3 is 2.86 bits per heavy atom. The van der Waals surface area contributed by atoms with E-state index in [1.807, 2.05) is 19.1 Å². The number of carbonyl (C=O) groups is 1. The molecule has 0 unspecified atom stereocenters. The van der Waals surface area contributed by atoms with Crippen molar-refractivity contribution in [3.05, 3.63) is 62.7 Å². The standard InChI is InChI=1S/C13H11ClN4O3/c1-8-3-2-4-9(17-8)7-16-13(19)10-5-6-15-12(14)11(10)18(20)21/h2-6H,7H2,1H3,(H,16,19). The molecule has 0 aliphatic carbocycles. The quantitative estimate of drug-likeness (QED) is 0.531. The monoisotopic (exact) mass is 306 g/mol. The zero-order valence-corrected chi connectivity index (χ0v) is 11.8. The molecule has 0 saturated carbocycles. The molecule has 0 aliphatic heterocycles. The van der Waals surface area contributed by atoms with Gasteiger partial charge in [-0.1, -0.05) is 17.7 Å². The number of carbonyl (C=O) groups excluding carboxylic acids is 1. The number of aryl methyl sites for hydroxylation is 1. The Hall–Kier alpha value is -2.54. The van der Waals surface area contributed by atoms with Gasteiger partial charge in [-0.05, 0) is 25.1 Å². The van der Waals surface area contributed by atoms with Crippen LogP contribution in [0.1, 0.15) is 21.7 Å². The lowest BCUT2D eigenvalue weighted by Crippen LogP contribution is -2.24. The molecular weight excluding hydrogens is 296 g/mol. The smallest absolute Gasteiger partial charge is 0.319 e. The largest absolute Gasteiger partial charge is 0.346 e. The minimum Gasteiger partial charge on any atom is -0.346 e. The summed E-state index contributed by atoms with van der Waals surface area (Å²) in [5, 5.41) is 13.2. The van der Waals surface area contributed by atoms with Crippen LogP contribution in [0.4, 0.5) is 5.69 Å². The maximum Gasteiger partial charge on any atom is 0.319 e. The number of aromatic nitrogens is 2. The van der Waals surface area contributed by atoms with Crippen LogP contribution >= 0.6 is 11.6 Å². The normalized spacial score (nSPS) is 10.2. The van der Waals surface area contributed by atoms with Crippen molar-refractivity contribution in [2.75, 3.05) is 0 Å². The number of hydrogen-bond donors (Lipinski definition) is 1. The Labute approximate surface area is 125 Å². The van der Waals surface area contributed by atoms with Crippen LogP contribution in [0.15, 0.2) is 30.5 Å².